The highest BCUT2D eigenvalue weighted by Gasteiger charge is 2.08. The first-order valence-corrected chi connectivity index (χ1v) is 9.09. The molecule has 1 saturated heterocycles. The molecule has 138 valence electrons. The van der Waals surface area contributed by atoms with Gasteiger partial charge in [-0.3, -0.25) is 9.59 Å². The molecular formula is C19H29N3O3. The first-order chi connectivity index (χ1) is 12.1. The molecule has 1 aromatic rings. The number of rotatable bonds is 10. The molecule has 6 heteroatoms. The Morgan fingerprint density at radius 3 is 2.80 bits per heavy atom. The molecule has 1 aliphatic rings. The predicted molar refractivity (Wildman–Crippen MR) is 98.1 cm³/mol. The lowest BCUT2D eigenvalue weighted by Gasteiger charge is -2.27. The summed E-state index contributed by atoms with van der Waals surface area (Å²) in [5, 5.41) is 6.30. The van der Waals surface area contributed by atoms with Crippen molar-refractivity contribution in [2.45, 2.75) is 26.2 Å². The summed E-state index contributed by atoms with van der Waals surface area (Å²) in [6.45, 7) is 8.07. The second-order valence-corrected chi connectivity index (χ2v) is 6.33. The molecule has 2 N–H and O–H groups in total. The van der Waals surface area contributed by atoms with E-state index < -0.39 is 0 Å². The van der Waals surface area contributed by atoms with Crippen LogP contribution in [0.3, 0.4) is 0 Å². The average molecular weight is 347 g/mol. The zero-order chi connectivity index (χ0) is 17.9. The maximum absolute atomic E-state index is 11.8. The van der Waals surface area contributed by atoms with Gasteiger partial charge in [-0.25, -0.2) is 0 Å². The molecule has 0 saturated carbocycles. The van der Waals surface area contributed by atoms with Crippen molar-refractivity contribution in [3.63, 3.8) is 0 Å². The van der Waals surface area contributed by atoms with Gasteiger partial charge in [0.15, 0.2) is 5.78 Å². The fourth-order valence-electron chi connectivity index (χ4n) is 2.78. The summed E-state index contributed by atoms with van der Waals surface area (Å²) in [6.07, 6.45) is 2.11. The van der Waals surface area contributed by atoms with E-state index in [2.05, 4.69) is 15.5 Å². The number of carbonyl (C=O) groups excluding carboxylic acids is 2. The average Bonchev–Trinajstić information content (AvgIpc) is 2.63. The van der Waals surface area contributed by atoms with Gasteiger partial charge in [-0.1, -0.05) is 12.1 Å². The van der Waals surface area contributed by atoms with Crippen LogP contribution in [0.25, 0.3) is 0 Å². The van der Waals surface area contributed by atoms with Crippen LogP contribution in [0.2, 0.25) is 0 Å². The van der Waals surface area contributed by atoms with E-state index in [1.165, 1.54) is 6.92 Å². The number of amides is 1. The Kier molecular flexibility index (Phi) is 8.42. The highest BCUT2D eigenvalue weighted by atomic mass is 16.5. The van der Waals surface area contributed by atoms with Crippen LogP contribution < -0.4 is 15.4 Å². The van der Waals surface area contributed by atoms with E-state index in [0.29, 0.717) is 30.8 Å². The third-order valence-electron chi connectivity index (χ3n) is 4.24. The SMILES string of the molecule is CC(=O)c1cccc(OCCCC(=O)NCCCN2CCNCC2)c1. The number of piperazine rings is 1. The Morgan fingerprint density at radius 2 is 2.04 bits per heavy atom. The Hall–Kier alpha value is -1.92. The molecule has 1 aromatic carbocycles. The van der Waals surface area contributed by atoms with E-state index in [1.807, 2.05) is 6.07 Å². The molecule has 0 spiro atoms. The minimum atomic E-state index is 0.0191. The second kappa shape index (κ2) is 10.8. The zero-order valence-corrected chi connectivity index (χ0v) is 15.1. The van der Waals surface area contributed by atoms with E-state index in [9.17, 15) is 9.59 Å². The van der Waals surface area contributed by atoms with Crippen LogP contribution in [-0.4, -0.2) is 62.5 Å². The summed E-state index contributed by atoms with van der Waals surface area (Å²) in [5.41, 5.74) is 0.639. The van der Waals surface area contributed by atoms with Gasteiger partial charge in [0.05, 0.1) is 6.61 Å². The van der Waals surface area contributed by atoms with Crippen molar-refractivity contribution in [1.82, 2.24) is 15.5 Å². The van der Waals surface area contributed by atoms with Crippen LogP contribution in [0.4, 0.5) is 0 Å². The fraction of sp³-hybridized carbons (Fsp3) is 0.579. The zero-order valence-electron chi connectivity index (χ0n) is 15.1. The van der Waals surface area contributed by atoms with Gasteiger partial charge in [-0.15, -0.1) is 0 Å². The summed E-state index contributed by atoms with van der Waals surface area (Å²) in [4.78, 5) is 25.6. The molecule has 2 rings (SSSR count). The lowest BCUT2D eigenvalue weighted by atomic mass is 10.1. The molecule has 1 heterocycles. The van der Waals surface area contributed by atoms with Gasteiger partial charge in [-0.05, 0) is 38.4 Å². The van der Waals surface area contributed by atoms with Crippen LogP contribution >= 0.6 is 0 Å². The molecule has 6 nitrogen and oxygen atoms in total. The Morgan fingerprint density at radius 1 is 1.24 bits per heavy atom. The van der Waals surface area contributed by atoms with E-state index in [0.717, 1.165) is 45.7 Å². The first-order valence-electron chi connectivity index (χ1n) is 9.09. The van der Waals surface area contributed by atoms with Gasteiger partial charge >= 0.3 is 0 Å². The molecule has 1 fully saturated rings. The Bertz CT molecular complexity index is 557. The highest BCUT2D eigenvalue weighted by molar-refractivity contribution is 5.94. The van der Waals surface area contributed by atoms with Gasteiger partial charge in [0.2, 0.25) is 5.91 Å². The Balaban J connectivity index is 1.52. The van der Waals surface area contributed by atoms with E-state index >= 15 is 0 Å². The van der Waals surface area contributed by atoms with Crippen LogP contribution in [0, 0.1) is 0 Å². The number of nitrogens with one attached hydrogen (secondary N) is 2. The molecule has 0 radical (unpaired) electrons. The van der Waals surface area contributed by atoms with Crippen molar-refractivity contribution in [2.75, 3.05) is 45.9 Å². The number of ketones is 1. The normalized spacial score (nSPS) is 14.9. The lowest BCUT2D eigenvalue weighted by molar-refractivity contribution is -0.121. The maximum Gasteiger partial charge on any atom is 0.220 e. The van der Waals surface area contributed by atoms with Gasteiger partial charge in [-0.2, -0.15) is 0 Å². The van der Waals surface area contributed by atoms with Crippen molar-refractivity contribution in [3.05, 3.63) is 29.8 Å². The van der Waals surface area contributed by atoms with Crippen molar-refractivity contribution in [1.29, 1.82) is 0 Å². The quantitative estimate of drug-likeness (QED) is 0.495. The molecule has 1 amide bonds. The minimum Gasteiger partial charge on any atom is -0.494 e. The van der Waals surface area contributed by atoms with Gasteiger partial charge in [0.1, 0.15) is 5.75 Å². The van der Waals surface area contributed by atoms with Crippen molar-refractivity contribution in [3.8, 4) is 5.75 Å². The molecule has 0 atom stereocenters. The smallest absolute Gasteiger partial charge is 0.220 e. The largest absolute Gasteiger partial charge is 0.494 e. The number of Topliss-reactive ketones (excluding diaryl/α,β-unsaturated/α-hetero) is 1. The third kappa shape index (κ3) is 7.67. The third-order valence-corrected chi connectivity index (χ3v) is 4.24. The molecule has 1 aliphatic heterocycles. The van der Waals surface area contributed by atoms with Gasteiger partial charge in [0, 0.05) is 44.7 Å². The maximum atomic E-state index is 11.8. The van der Waals surface area contributed by atoms with Crippen LogP contribution in [0.5, 0.6) is 5.75 Å². The van der Waals surface area contributed by atoms with Crippen molar-refractivity contribution in [2.24, 2.45) is 0 Å². The molecular weight excluding hydrogens is 318 g/mol. The molecule has 0 aliphatic carbocycles. The Labute approximate surface area is 149 Å². The number of ether oxygens (including phenoxy) is 1. The number of carbonyl (C=O) groups is 2. The fourth-order valence-corrected chi connectivity index (χ4v) is 2.78. The highest BCUT2D eigenvalue weighted by Crippen LogP contribution is 2.14. The summed E-state index contributed by atoms with van der Waals surface area (Å²) < 4.78 is 5.61. The first kappa shape index (κ1) is 19.4. The number of hydrogen-bond acceptors (Lipinski definition) is 5. The molecule has 0 aromatic heterocycles. The van der Waals surface area contributed by atoms with E-state index in [1.54, 1.807) is 18.2 Å². The van der Waals surface area contributed by atoms with Crippen LogP contribution in [-0.2, 0) is 4.79 Å². The van der Waals surface area contributed by atoms with E-state index in [-0.39, 0.29) is 11.7 Å². The minimum absolute atomic E-state index is 0.0191. The monoisotopic (exact) mass is 347 g/mol. The van der Waals surface area contributed by atoms with E-state index in [4.69, 9.17) is 4.74 Å². The van der Waals surface area contributed by atoms with Crippen molar-refractivity contribution < 1.29 is 14.3 Å². The number of hydrogen-bond donors (Lipinski definition) is 2. The molecule has 25 heavy (non-hydrogen) atoms. The molecule has 0 bridgehead atoms. The predicted octanol–water partition coefficient (Wildman–Crippen LogP) is 1.46. The number of nitrogens with zero attached hydrogens (tertiary/aromatic N) is 1. The summed E-state index contributed by atoms with van der Waals surface area (Å²) in [5.74, 6) is 0.760. The second-order valence-electron chi connectivity index (χ2n) is 6.33. The van der Waals surface area contributed by atoms with Gasteiger partial charge in [0.25, 0.3) is 0 Å². The van der Waals surface area contributed by atoms with Crippen molar-refractivity contribution >= 4 is 11.7 Å². The number of benzene rings is 1. The van der Waals surface area contributed by atoms with Gasteiger partial charge < -0.3 is 20.3 Å². The topological polar surface area (TPSA) is 70.7 Å². The molecule has 0 unspecified atom stereocenters. The summed E-state index contributed by atoms with van der Waals surface area (Å²) >= 11 is 0. The standard InChI is InChI=1S/C19H29N3O3/c1-16(23)17-5-2-6-18(15-17)25-14-3-7-19(24)21-8-4-11-22-12-9-20-10-13-22/h2,5-6,15,20H,3-4,7-14H2,1H3,(H,21,24). The van der Waals surface area contributed by atoms with Crippen LogP contribution in [0.1, 0.15) is 36.5 Å². The summed E-state index contributed by atoms with van der Waals surface area (Å²) in [7, 11) is 0. The van der Waals surface area contributed by atoms with Crippen LogP contribution in [0.15, 0.2) is 24.3 Å². The summed E-state index contributed by atoms with van der Waals surface area (Å²) in [6, 6.07) is 7.13. The lowest BCUT2D eigenvalue weighted by Crippen LogP contribution is -2.44.